The first-order valence-corrected chi connectivity index (χ1v) is 12.0. The Kier molecular flexibility index (Phi) is 7.28. The summed E-state index contributed by atoms with van der Waals surface area (Å²) in [5.41, 5.74) is 0.858. The summed E-state index contributed by atoms with van der Waals surface area (Å²) in [5, 5.41) is 0. The van der Waals surface area contributed by atoms with E-state index in [4.69, 9.17) is 4.74 Å². The van der Waals surface area contributed by atoms with Gasteiger partial charge in [0.2, 0.25) is 0 Å². The van der Waals surface area contributed by atoms with Crippen molar-refractivity contribution in [3.8, 4) is 5.75 Å². The highest BCUT2D eigenvalue weighted by Crippen LogP contribution is 2.27. The van der Waals surface area contributed by atoms with Gasteiger partial charge in [-0.05, 0) is 55.7 Å². The lowest BCUT2D eigenvalue weighted by Crippen LogP contribution is -2.50. The molecule has 5 nitrogen and oxygen atoms in total. The minimum atomic E-state index is 0.189. The number of hydrogen-bond acceptors (Lipinski definition) is 5. The molecule has 4 rings (SSSR count). The maximum absolute atomic E-state index is 13.1. The molecule has 2 aliphatic rings. The van der Waals surface area contributed by atoms with Gasteiger partial charge in [0.1, 0.15) is 11.9 Å². The van der Waals surface area contributed by atoms with Crippen LogP contribution >= 0.6 is 11.8 Å². The van der Waals surface area contributed by atoms with E-state index in [1.807, 2.05) is 35.2 Å². The van der Waals surface area contributed by atoms with Crippen molar-refractivity contribution in [1.82, 2.24) is 14.8 Å². The van der Waals surface area contributed by atoms with Crippen LogP contribution in [-0.4, -0.2) is 64.8 Å². The van der Waals surface area contributed by atoms with Crippen LogP contribution in [0.5, 0.6) is 5.75 Å². The molecule has 1 aromatic carbocycles. The normalized spacial score (nSPS) is 19.0. The molecule has 160 valence electrons. The van der Waals surface area contributed by atoms with Crippen molar-refractivity contribution in [2.24, 2.45) is 0 Å². The van der Waals surface area contributed by atoms with Crippen molar-refractivity contribution in [2.45, 2.75) is 49.6 Å². The number of nitrogens with zero attached hydrogens (tertiary/aromatic N) is 3. The fraction of sp³-hybridized carbons (Fsp3) is 0.500. The molecule has 0 unspecified atom stereocenters. The molecule has 30 heavy (non-hydrogen) atoms. The predicted molar refractivity (Wildman–Crippen MR) is 121 cm³/mol. The van der Waals surface area contributed by atoms with Gasteiger partial charge in [-0.25, -0.2) is 0 Å². The van der Waals surface area contributed by atoms with Crippen molar-refractivity contribution in [3.05, 3.63) is 54.4 Å². The van der Waals surface area contributed by atoms with E-state index in [1.54, 1.807) is 24.2 Å². The fourth-order valence-corrected chi connectivity index (χ4v) is 5.29. The summed E-state index contributed by atoms with van der Waals surface area (Å²) in [4.78, 5) is 22.9. The molecule has 0 spiro atoms. The van der Waals surface area contributed by atoms with Gasteiger partial charge >= 0.3 is 0 Å². The second-order valence-corrected chi connectivity index (χ2v) is 9.29. The number of hydrogen-bond donors (Lipinski definition) is 0. The Morgan fingerprint density at radius 2 is 1.73 bits per heavy atom. The second kappa shape index (κ2) is 10.3. The first-order valence-electron chi connectivity index (χ1n) is 11.1. The number of benzene rings is 1. The van der Waals surface area contributed by atoms with E-state index in [-0.39, 0.29) is 12.0 Å². The number of aromatic nitrogens is 1. The molecule has 2 aliphatic heterocycles. The molecule has 0 bridgehead atoms. The zero-order chi connectivity index (χ0) is 20.8. The minimum absolute atomic E-state index is 0.189. The molecule has 0 atom stereocenters. The molecule has 2 aromatic rings. The first kappa shape index (κ1) is 21.2. The topological polar surface area (TPSA) is 45.7 Å². The van der Waals surface area contributed by atoms with E-state index in [9.17, 15) is 4.79 Å². The van der Waals surface area contributed by atoms with Crippen LogP contribution in [0.1, 0.15) is 43.0 Å². The molecule has 0 aliphatic carbocycles. The number of ether oxygens (including phenoxy) is 1. The number of amides is 1. The van der Waals surface area contributed by atoms with Gasteiger partial charge in [0.05, 0.1) is 5.56 Å². The second-order valence-electron chi connectivity index (χ2n) is 7.99. The Morgan fingerprint density at radius 1 is 1.03 bits per heavy atom. The quantitative estimate of drug-likeness (QED) is 0.644. The minimum Gasteiger partial charge on any atom is -0.490 e. The monoisotopic (exact) mass is 425 g/mol. The number of thioether (sulfide) groups is 1. The van der Waals surface area contributed by atoms with E-state index < -0.39 is 0 Å². The van der Waals surface area contributed by atoms with Gasteiger partial charge in [0.25, 0.3) is 5.91 Å². The third-order valence-corrected chi connectivity index (χ3v) is 7.07. The number of carbonyl (C=O) groups excluding carboxylic acids is 1. The molecule has 6 heteroatoms. The third-order valence-electron chi connectivity index (χ3n) is 6.11. The van der Waals surface area contributed by atoms with Crippen LogP contribution in [-0.2, 0) is 0 Å². The van der Waals surface area contributed by atoms with Crippen molar-refractivity contribution >= 4 is 17.7 Å². The molecule has 2 fully saturated rings. The number of likely N-dealkylation sites (tertiary alicyclic amines) is 2. The van der Waals surface area contributed by atoms with Crippen molar-refractivity contribution in [1.29, 1.82) is 0 Å². The Labute approximate surface area is 183 Å². The molecule has 1 amide bonds. The summed E-state index contributed by atoms with van der Waals surface area (Å²) in [5.74, 6) is 2.08. The lowest BCUT2D eigenvalue weighted by Gasteiger charge is -2.41. The SMILES string of the molecule is CCSc1ccccc1C(=O)N1CCC(N2CCC(Oc3ccncc3)CC2)CC1. The van der Waals surface area contributed by atoms with Gasteiger partial charge in [-0.1, -0.05) is 19.1 Å². The van der Waals surface area contributed by atoms with Gasteiger partial charge in [-0.2, -0.15) is 0 Å². The molecule has 0 saturated carbocycles. The van der Waals surface area contributed by atoms with Crippen LogP contribution in [0, 0.1) is 0 Å². The standard InChI is InChI=1S/C24H31N3O2S/c1-2-30-23-6-4-3-5-22(23)24(28)27-15-9-19(10-16-27)26-17-11-21(12-18-26)29-20-7-13-25-14-8-20/h3-8,13-14,19,21H,2,9-12,15-18H2,1H3. The van der Waals surface area contributed by atoms with Crippen LogP contribution in [0.2, 0.25) is 0 Å². The first-order chi connectivity index (χ1) is 14.7. The van der Waals surface area contributed by atoms with Crippen LogP contribution in [0.4, 0.5) is 0 Å². The number of piperidine rings is 2. The fourth-order valence-electron chi connectivity index (χ4n) is 4.50. The Bertz CT molecular complexity index is 816. The Hall–Kier alpha value is -2.05. The number of pyridine rings is 1. The summed E-state index contributed by atoms with van der Waals surface area (Å²) in [6, 6.07) is 12.5. The smallest absolute Gasteiger partial charge is 0.254 e. The van der Waals surface area contributed by atoms with Crippen LogP contribution in [0.25, 0.3) is 0 Å². The highest BCUT2D eigenvalue weighted by Gasteiger charge is 2.31. The molecular weight excluding hydrogens is 394 g/mol. The summed E-state index contributed by atoms with van der Waals surface area (Å²) < 4.78 is 6.10. The van der Waals surface area contributed by atoms with Gasteiger partial charge in [0, 0.05) is 49.5 Å². The van der Waals surface area contributed by atoms with Gasteiger partial charge in [-0.15, -0.1) is 11.8 Å². The zero-order valence-electron chi connectivity index (χ0n) is 17.7. The largest absolute Gasteiger partial charge is 0.490 e. The van der Waals surface area contributed by atoms with Crippen molar-refractivity contribution in [2.75, 3.05) is 31.9 Å². The number of carbonyl (C=O) groups is 1. The van der Waals surface area contributed by atoms with E-state index in [2.05, 4.69) is 22.9 Å². The van der Waals surface area contributed by atoms with E-state index in [0.717, 1.165) is 73.8 Å². The average Bonchev–Trinajstić information content (AvgIpc) is 2.81. The lowest BCUT2D eigenvalue weighted by molar-refractivity contribution is 0.0424. The van der Waals surface area contributed by atoms with Crippen molar-refractivity contribution in [3.63, 3.8) is 0 Å². The molecule has 3 heterocycles. The van der Waals surface area contributed by atoms with E-state index in [1.165, 1.54) is 0 Å². The van der Waals surface area contributed by atoms with E-state index >= 15 is 0 Å². The third kappa shape index (κ3) is 5.16. The predicted octanol–water partition coefficient (Wildman–Crippen LogP) is 4.34. The molecule has 0 radical (unpaired) electrons. The van der Waals surface area contributed by atoms with Gasteiger partial charge in [0.15, 0.2) is 0 Å². The number of rotatable bonds is 6. The summed E-state index contributed by atoms with van der Waals surface area (Å²) >= 11 is 1.75. The van der Waals surface area contributed by atoms with Crippen LogP contribution in [0.3, 0.4) is 0 Å². The Balaban J connectivity index is 1.26. The molecular formula is C24H31N3O2S. The summed E-state index contributed by atoms with van der Waals surface area (Å²) in [6.07, 6.45) is 8.08. The zero-order valence-corrected chi connectivity index (χ0v) is 18.5. The summed E-state index contributed by atoms with van der Waals surface area (Å²) in [7, 11) is 0. The lowest BCUT2D eigenvalue weighted by atomic mass is 9.98. The summed E-state index contributed by atoms with van der Waals surface area (Å²) in [6.45, 7) is 5.97. The van der Waals surface area contributed by atoms with Gasteiger partial charge in [-0.3, -0.25) is 14.7 Å². The average molecular weight is 426 g/mol. The maximum atomic E-state index is 13.1. The van der Waals surface area contributed by atoms with E-state index in [0.29, 0.717) is 6.04 Å². The Morgan fingerprint density at radius 3 is 2.43 bits per heavy atom. The van der Waals surface area contributed by atoms with Crippen LogP contribution in [0.15, 0.2) is 53.7 Å². The molecule has 0 N–H and O–H groups in total. The highest BCUT2D eigenvalue weighted by molar-refractivity contribution is 7.99. The maximum Gasteiger partial charge on any atom is 0.254 e. The molecule has 1 aromatic heterocycles. The van der Waals surface area contributed by atoms with Crippen molar-refractivity contribution < 1.29 is 9.53 Å². The van der Waals surface area contributed by atoms with Crippen LogP contribution < -0.4 is 4.74 Å². The molecule has 2 saturated heterocycles. The van der Waals surface area contributed by atoms with Gasteiger partial charge < -0.3 is 9.64 Å². The highest BCUT2D eigenvalue weighted by atomic mass is 32.2.